The van der Waals surface area contributed by atoms with Gasteiger partial charge in [-0.1, -0.05) is 37.1 Å². The molecule has 0 aromatic heterocycles. The fourth-order valence-corrected chi connectivity index (χ4v) is 6.20. The van der Waals surface area contributed by atoms with Gasteiger partial charge in [0, 0.05) is 28.7 Å². The van der Waals surface area contributed by atoms with E-state index in [1.165, 1.54) is 0 Å². The summed E-state index contributed by atoms with van der Waals surface area (Å²) in [7, 11) is 0. The average Bonchev–Trinajstić information content (AvgIpc) is 2.70. The zero-order chi connectivity index (χ0) is 22.6. The smallest absolute Gasteiger partial charge is 0.399 e. The molecule has 2 aromatic rings. The van der Waals surface area contributed by atoms with Crippen molar-refractivity contribution < 1.29 is 31.4 Å². The first kappa shape index (κ1) is 24.5. The summed E-state index contributed by atoms with van der Waals surface area (Å²) in [5, 5.41) is 0.253. The van der Waals surface area contributed by atoms with Gasteiger partial charge in [-0.05, 0) is 35.7 Å². The molecule has 1 aliphatic heterocycles. The van der Waals surface area contributed by atoms with Crippen LogP contribution in [0, 0.1) is 11.6 Å². The minimum Gasteiger partial charge on any atom is -0.399 e. The van der Waals surface area contributed by atoms with E-state index in [0.717, 1.165) is 48.7 Å². The Labute approximate surface area is 190 Å². The Morgan fingerprint density at radius 2 is 1.71 bits per heavy atom. The molecule has 0 spiro atoms. The predicted octanol–water partition coefficient (Wildman–Crippen LogP) is 7.85. The lowest BCUT2D eigenvalue weighted by atomic mass is 10.0. The summed E-state index contributed by atoms with van der Waals surface area (Å²) in [5.41, 5.74) is 1.29. The number of hydrogen-bond acceptors (Lipinski definition) is 4. The van der Waals surface area contributed by atoms with Crippen molar-refractivity contribution in [2.24, 2.45) is 0 Å². The van der Waals surface area contributed by atoms with E-state index in [1.807, 2.05) is 0 Å². The molecular formula is C21H20ClF5O2S2. The molecule has 1 heterocycles. The Bertz CT molecular complexity index is 879. The molecular weight excluding hydrogens is 479 g/mol. The molecule has 0 radical (unpaired) electrons. The van der Waals surface area contributed by atoms with Crippen LogP contribution in [0.15, 0.2) is 30.3 Å². The van der Waals surface area contributed by atoms with Crippen molar-refractivity contribution in [1.82, 2.24) is 0 Å². The van der Waals surface area contributed by atoms with Crippen LogP contribution >= 0.6 is 35.1 Å². The number of hydrogen-bond donors (Lipinski definition) is 0. The zero-order valence-corrected chi connectivity index (χ0v) is 18.9. The van der Waals surface area contributed by atoms with Gasteiger partial charge in [0.05, 0.1) is 10.7 Å². The molecule has 2 aromatic carbocycles. The number of thioether (sulfide) groups is 2. The van der Waals surface area contributed by atoms with Crippen molar-refractivity contribution in [1.29, 1.82) is 0 Å². The van der Waals surface area contributed by atoms with Gasteiger partial charge in [-0.15, -0.1) is 36.7 Å². The molecule has 1 saturated heterocycles. The van der Waals surface area contributed by atoms with Gasteiger partial charge in [-0.2, -0.15) is 0 Å². The van der Waals surface area contributed by atoms with Gasteiger partial charge in [-0.3, -0.25) is 0 Å². The van der Waals surface area contributed by atoms with Gasteiger partial charge < -0.3 is 9.47 Å². The number of rotatable bonds is 7. The standard InChI is InChI=1S/C21H20ClF5O2S2/c1-2-3-6-28-14-10-30-20(31-11-14)12-4-5-15(16(22)7-12)13-8-17(23)19(18(24)9-13)29-21(25,26)27/h4-5,7-9,14,20H,2-3,6,10-11H2,1H3. The van der Waals surface area contributed by atoms with Crippen molar-refractivity contribution in [2.75, 3.05) is 18.1 Å². The summed E-state index contributed by atoms with van der Waals surface area (Å²) >= 11 is 9.83. The average molecular weight is 499 g/mol. The maximum absolute atomic E-state index is 14.0. The molecule has 2 nitrogen and oxygen atoms in total. The van der Waals surface area contributed by atoms with E-state index in [-0.39, 0.29) is 21.3 Å². The van der Waals surface area contributed by atoms with E-state index in [2.05, 4.69) is 11.7 Å². The molecule has 10 heteroatoms. The normalized spacial score (nSPS) is 19.5. The van der Waals surface area contributed by atoms with Crippen molar-refractivity contribution in [3.63, 3.8) is 0 Å². The van der Waals surface area contributed by atoms with Crippen LogP contribution in [0.1, 0.15) is 29.9 Å². The Kier molecular flexibility index (Phi) is 8.40. The predicted molar refractivity (Wildman–Crippen MR) is 116 cm³/mol. The number of unbranched alkanes of at least 4 members (excludes halogenated alkanes) is 1. The second-order valence-electron chi connectivity index (χ2n) is 6.90. The molecule has 0 aliphatic carbocycles. The lowest BCUT2D eigenvalue weighted by Crippen LogP contribution is -2.24. The largest absolute Gasteiger partial charge is 0.573 e. The molecule has 31 heavy (non-hydrogen) atoms. The highest BCUT2D eigenvalue weighted by Gasteiger charge is 2.34. The highest BCUT2D eigenvalue weighted by Crippen LogP contribution is 2.46. The summed E-state index contributed by atoms with van der Waals surface area (Å²) in [6, 6.07) is 6.68. The van der Waals surface area contributed by atoms with Gasteiger partial charge in [0.25, 0.3) is 0 Å². The quantitative estimate of drug-likeness (QED) is 0.286. The molecule has 1 aliphatic rings. The third-order valence-electron chi connectivity index (χ3n) is 4.51. The minimum absolute atomic E-state index is 0.0226. The van der Waals surface area contributed by atoms with Gasteiger partial charge in [0.1, 0.15) is 0 Å². The molecule has 170 valence electrons. The van der Waals surface area contributed by atoms with Crippen molar-refractivity contribution >= 4 is 35.1 Å². The fourth-order valence-electron chi connectivity index (χ4n) is 3.01. The highest BCUT2D eigenvalue weighted by molar-refractivity contribution is 8.17. The summed E-state index contributed by atoms with van der Waals surface area (Å²) in [6.07, 6.45) is -2.86. The van der Waals surface area contributed by atoms with E-state index in [4.69, 9.17) is 16.3 Å². The summed E-state index contributed by atoms with van der Waals surface area (Å²) in [4.78, 5) is 0. The third-order valence-corrected chi connectivity index (χ3v) is 7.92. The Morgan fingerprint density at radius 1 is 1.06 bits per heavy atom. The van der Waals surface area contributed by atoms with Crippen molar-refractivity contribution in [3.05, 3.63) is 52.6 Å². The van der Waals surface area contributed by atoms with Crippen molar-refractivity contribution in [2.45, 2.75) is 36.8 Å². The van der Waals surface area contributed by atoms with Crippen molar-refractivity contribution in [3.8, 4) is 16.9 Å². The first-order valence-electron chi connectivity index (χ1n) is 9.57. The summed E-state index contributed by atoms with van der Waals surface area (Å²) in [5.74, 6) is -2.69. The molecule has 1 fully saturated rings. The lowest BCUT2D eigenvalue weighted by molar-refractivity contribution is -0.276. The van der Waals surface area contributed by atoms with Crippen LogP contribution in [0.5, 0.6) is 5.75 Å². The first-order chi connectivity index (χ1) is 14.7. The van der Waals surface area contributed by atoms with E-state index in [1.54, 1.807) is 41.7 Å². The third kappa shape index (κ3) is 6.66. The Morgan fingerprint density at radius 3 is 2.26 bits per heavy atom. The van der Waals surface area contributed by atoms with Gasteiger partial charge >= 0.3 is 6.36 Å². The maximum atomic E-state index is 14.0. The molecule has 0 amide bonds. The Hall–Kier alpha value is -1.16. The van der Waals surface area contributed by atoms with Gasteiger partial charge in [0.2, 0.25) is 5.75 Å². The van der Waals surface area contributed by atoms with Crippen LogP contribution in [0.2, 0.25) is 5.02 Å². The molecule has 0 unspecified atom stereocenters. The second-order valence-corrected chi connectivity index (χ2v) is 9.88. The second kappa shape index (κ2) is 10.6. The number of benzene rings is 2. The number of alkyl halides is 3. The van der Waals surface area contributed by atoms with Gasteiger partial charge in [-0.25, -0.2) is 8.78 Å². The molecule has 0 saturated carbocycles. The highest BCUT2D eigenvalue weighted by atomic mass is 35.5. The summed E-state index contributed by atoms with van der Waals surface area (Å²) < 4.78 is 74.5. The van der Waals surface area contributed by atoms with Crippen LogP contribution in [-0.2, 0) is 4.74 Å². The lowest BCUT2D eigenvalue weighted by Gasteiger charge is -2.28. The topological polar surface area (TPSA) is 18.5 Å². The molecule has 0 N–H and O–H groups in total. The minimum atomic E-state index is -5.20. The van der Waals surface area contributed by atoms with E-state index >= 15 is 0 Å². The van der Waals surface area contributed by atoms with Crippen LogP contribution in [0.4, 0.5) is 22.0 Å². The van der Waals surface area contributed by atoms with Crippen LogP contribution in [-0.4, -0.2) is 30.6 Å². The molecule has 0 bridgehead atoms. The zero-order valence-electron chi connectivity index (χ0n) is 16.5. The van der Waals surface area contributed by atoms with Crippen LogP contribution in [0.3, 0.4) is 0 Å². The van der Waals surface area contributed by atoms with Gasteiger partial charge in [0.15, 0.2) is 11.6 Å². The SMILES string of the molecule is CCCCOC1CSC(c2ccc(-c3cc(F)c(OC(F)(F)F)c(F)c3)c(Cl)c2)SC1. The van der Waals surface area contributed by atoms with E-state index in [0.29, 0.717) is 5.56 Å². The van der Waals surface area contributed by atoms with Crippen LogP contribution in [0.25, 0.3) is 11.1 Å². The molecule has 3 rings (SSSR count). The van der Waals surface area contributed by atoms with E-state index in [9.17, 15) is 22.0 Å². The fraction of sp³-hybridized carbons (Fsp3) is 0.429. The number of halogens is 6. The molecule has 0 atom stereocenters. The van der Waals surface area contributed by atoms with Crippen LogP contribution < -0.4 is 4.74 Å². The number of ether oxygens (including phenoxy) is 2. The first-order valence-corrected chi connectivity index (χ1v) is 12.0. The Balaban J connectivity index is 1.72. The maximum Gasteiger partial charge on any atom is 0.573 e. The summed E-state index contributed by atoms with van der Waals surface area (Å²) in [6.45, 7) is 2.87. The monoisotopic (exact) mass is 498 g/mol. The van der Waals surface area contributed by atoms with E-state index < -0.39 is 23.7 Å².